The zero-order valence-corrected chi connectivity index (χ0v) is 11.6. The maximum Gasteiger partial charge on any atom is 0.277 e. The fourth-order valence-corrected chi connectivity index (χ4v) is 1.80. The van der Waals surface area contributed by atoms with Crippen molar-refractivity contribution in [3.05, 3.63) is 32.4 Å². The molecule has 1 aromatic carbocycles. The Bertz CT molecular complexity index is 429. The average Bonchev–Trinajstić information content (AvgIpc) is 2.29. The fourth-order valence-electron chi connectivity index (χ4n) is 1.05. The first-order valence-corrected chi connectivity index (χ1v) is 6.12. The molecular formula is C10H10ClF2IN2O. The summed E-state index contributed by atoms with van der Waals surface area (Å²) in [5, 5.41) is 2.50. The van der Waals surface area contributed by atoms with Crippen LogP contribution in [0.4, 0.5) is 8.78 Å². The van der Waals surface area contributed by atoms with Crippen LogP contribution in [0, 0.1) is 3.57 Å². The number of amides is 1. The molecule has 0 unspecified atom stereocenters. The second kappa shape index (κ2) is 5.92. The molecule has 0 spiro atoms. The standard InChI is InChI=1S/C10H10ClF2IN2O/c11-6-1-2-8(14)7(3-6)9(17)16-5-10(12,13)4-15/h1-3H,4-5,15H2,(H,16,17). The molecule has 3 N–H and O–H groups in total. The molecule has 0 heterocycles. The van der Waals surface area contributed by atoms with Gasteiger partial charge in [0.15, 0.2) is 0 Å². The predicted molar refractivity (Wildman–Crippen MR) is 70.5 cm³/mol. The van der Waals surface area contributed by atoms with E-state index in [4.69, 9.17) is 17.3 Å². The molecule has 0 fully saturated rings. The fraction of sp³-hybridized carbons (Fsp3) is 0.300. The lowest BCUT2D eigenvalue weighted by Gasteiger charge is -2.15. The molecule has 17 heavy (non-hydrogen) atoms. The number of alkyl halides is 2. The number of carbonyl (C=O) groups is 1. The number of nitrogens with two attached hydrogens (primary N) is 1. The van der Waals surface area contributed by atoms with E-state index < -0.39 is 24.9 Å². The number of rotatable bonds is 4. The smallest absolute Gasteiger partial charge is 0.277 e. The Hall–Kier alpha value is -0.470. The summed E-state index contributed by atoms with van der Waals surface area (Å²) < 4.78 is 26.3. The van der Waals surface area contributed by atoms with Crippen LogP contribution in [0.25, 0.3) is 0 Å². The molecule has 1 amide bonds. The summed E-state index contributed by atoms with van der Waals surface area (Å²) in [4.78, 5) is 11.6. The van der Waals surface area contributed by atoms with Gasteiger partial charge in [0, 0.05) is 8.59 Å². The van der Waals surface area contributed by atoms with Gasteiger partial charge in [0.25, 0.3) is 11.8 Å². The van der Waals surface area contributed by atoms with Gasteiger partial charge in [0.05, 0.1) is 18.7 Å². The van der Waals surface area contributed by atoms with Crippen LogP contribution in [0.2, 0.25) is 5.02 Å². The minimum atomic E-state index is -3.10. The van der Waals surface area contributed by atoms with E-state index in [-0.39, 0.29) is 5.56 Å². The molecular weight excluding hydrogens is 364 g/mol. The number of halogens is 4. The molecule has 0 saturated heterocycles. The number of hydrogen-bond acceptors (Lipinski definition) is 2. The molecule has 0 saturated carbocycles. The van der Waals surface area contributed by atoms with Gasteiger partial charge >= 0.3 is 0 Å². The summed E-state index contributed by atoms with van der Waals surface area (Å²) >= 11 is 7.66. The lowest BCUT2D eigenvalue weighted by molar-refractivity contribution is 0.0118. The van der Waals surface area contributed by atoms with Crippen molar-refractivity contribution < 1.29 is 13.6 Å². The van der Waals surface area contributed by atoms with E-state index >= 15 is 0 Å². The third-order valence-electron chi connectivity index (χ3n) is 1.98. The minimum Gasteiger partial charge on any atom is -0.346 e. The number of nitrogens with one attached hydrogen (secondary N) is 1. The van der Waals surface area contributed by atoms with Crippen molar-refractivity contribution in [2.75, 3.05) is 13.1 Å². The van der Waals surface area contributed by atoms with Crippen molar-refractivity contribution in [2.45, 2.75) is 5.92 Å². The van der Waals surface area contributed by atoms with E-state index in [0.29, 0.717) is 8.59 Å². The number of benzene rings is 1. The molecule has 0 aliphatic carbocycles. The second-order valence-electron chi connectivity index (χ2n) is 3.37. The van der Waals surface area contributed by atoms with E-state index in [0.717, 1.165) is 0 Å². The average molecular weight is 375 g/mol. The number of carbonyl (C=O) groups excluding carboxylic acids is 1. The minimum absolute atomic E-state index is 0.269. The largest absolute Gasteiger partial charge is 0.346 e. The Morgan fingerprint density at radius 3 is 2.76 bits per heavy atom. The summed E-state index contributed by atoms with van der Waals surface area (Å²) in [7, 11) is 0. The van der Waals surface area contributed by atoms with Gasteiger partial charge < -0.3 is 11.1 Å². The highest BCUT2D eigenvalue weighted by Crippen LogP contribution is 2.18. The van der Waals surface area contributed by atoms with Gasteiger partial charge in [-0.25, -0.2) is 8.78 Å². The first-order valence-electron chi connectivity index (χ1n) is 4.67. The first-order chi connectivity index (χ1) is 7.85. The summed E-state index contributed by atoms with van der Waals surface area (Å²) in [6.07, 6.45) is 0. The van der Waals surface area contributed by atoms with Crippen molar-refractivity contribution in [3.63, 3.8) is 0 Å². The SMILES string of the molecule is NCC(F)(F)CNC(=O)c1cc(Cl)ccc1I. The maximum absolute atomic E-state index is 12.8. The third-order valence-corrected chi connectivity index (χ3v) is 3.16. The first kappa shape index (κ1) is 14.6. The van der Waals surface area contributed by atoms with Crippen molar-refractivity contribution in [1.82, 2.24) is 5.32 Å². The lowest BCUT2D eigenvalue weighted by atomic mass is 10.2. The predicted octanol–water partition coefficient (Wildman–Crippen LogP) is 2.27. The number of hydrogen-bond donors (Lipinski definition) is 2. The van der Waals surface area contributed by atoms with Crippen molar-refractivity contribution >= 4 is 40.1 Å². The maximum atomic E-state index is 12.8. The van der Waals surface area contributed by atoms with Gasteiger partial charge in [0.2, 0.25) is 0 Å². The summed E-state index contributed by atoms with van der Waals surface area (Å²) in [5.41, 5.74) is 5.13. The van der Waals surface area contributed by atoms with E-state index in [1.807, 2.05) is 22.6 Å². The third kappa shape index (κ3) is 4.36. The molecule has 0 aliphatic heterocycles. The molecule has 0 aliphatic rings. The molecule has 7 heteroatoms. The molecule has 94 valence electrons. The van der Waals surface area contributed by atoms with E-state index in [1.54, 1.807) is 12.1 Å². The van der Waals surface area contributed by atoms with Crippen molar-refractivity contribution in [1.29, 1.82) is 0 Å². The van der Waals surface area contributed by atoms with Crippen LogP contribution in [-0.2, 0) is 0 Å². The van der Waals surface area contributed by atoms with Gasteiger partial charge in [-0.15, -0.1) is 0 Å². The van der Waals surface area contributed by atoms with Gasteiger partial charge in [-0.1, -0.05) is 11.6 Å². The molecule has 0 aromatic heterocycles. The Balaban J connectivity index is 2.74. The normalized spacial score (nSPS) is 11.4. The Labute approximate surface area is 116 Å². The van der Waals surface area contributed by atoms with Crippen LogP contribution in [-0.4, -0.2) is 24.9 Å². The lowest BCUT2D eigenvalue weighted by Crippen LogP contribution is -2.41. The molecule has 3 nitrogen and oxygen atoms in total. The van der Waals surface area contributed by atoms with E-state index in [9.17, 15) is 13.6 Å². The van der Waals surface area contributed by atoms with Crippen molar-refractivity contribution in [3.8, 4) is 0 Å². The zero-order chi connectivity index (χ0) is 13.1. The van der Waals surface area contributed by atoms with Crippen LogP contribution >= 0.6 is 34.2 Å². The van der Waals surface area contributed by atoms with Crippen LogP contribution in [0.5, 0.6) is 0 Å². The van der Waals surface area contributed by atoms with E-state index in [2.05, 4.69) is 5.32 Å². The molecule has 1 aromatic rings. The summed E-state index contributed by atoms with van der Waals surface area (Å²) in [5.74, 6) is -3.69. The molecule has 0 atom stereocenters. The van der Waals surface area contributed by atoms with Crippen LogP contribution in [0.15, 0.2) is 18.2 Å². The van der Waals surface area contributed by atoms with Gasteiger partial charge in [-0.05, 0) is 40.8 Å². The van der Waals surface area contributed by atoms with Gasteiger partial charge in [-0.3, -0.25) is 4.79 Å². The molecule has 0 bridgehead atoms. The van der Waals surface area contributed by atoms with Crippen molar-refractivity contribution in [2.24, 2.45) is 5.73 Å². The Kier molecular flexibility index (Phi) is 5.08. The zero-order valence-electron chi connectivity index (χ0n) is 8.64. The molecule has 1 rings (SSSR count). The monoisotopic (exact) mass is 374 g/mol. The highest BCUT2D eigenvalue weighted by Gasteiger charge is 2.27. The highest BCUT2D eigenvalue weighted by atomic mass is 127. The summed E-state index contributed by atoms with van der Waals surface area (Å²) in [6.45, 7) is -1.59. The van der Waals surface area contributed by atoms with Crippen LogP contribution in [0.3, 0.4) is 0 Å². The molecule has 0 radical (unpaired) electrons. The Morgan fingerprint density at radius 2 is 2.18 bits per heavy atom. The van der Waals surface area contributed by atoms with Gasteiger partial charge in [0.1, 0.15) is 0 Å². The Morgan fingerprint density at radius 1 is 1.53 bits per heavy atom. The quantitative estimate of drug-likeness (QED) is 0.795. The second-order valence-corrected chi connectivity index (χ2v) is 4.97. The summed E-state index contributed by atoms with van der Waals surface area (Å²) in [6, 6.07) is 4.69. The van der Waals surface area contributed by atoms with Crippen LogP contribution < -0.4 is 11.1 Å². The van der Waals surface area contributed by atoms with E-state index in [1.165, 1.54) is 6.07 Å². The van der Waals surface area contributed by atoms with Crippen LogP contribution in [0.1, 0.15) is 10.4 Å². The topological polar surface area (TPSA) is 55.1 Å². The van der Waals surface area contributed by atoms with Gasteiger partial charge in [-0.2, -0.15) is 0 Å². The highest BCUT2D eigenvalue weighted by molar-refractivity contribution is 14.1.